The maximum atomic E-state index is 12.3. The first-order valence-electron chi connectivity index (χ1n) is 7.51. The molecule has 0 bridgehead atoms. The Balaban J connectivity index is 1.54. The molecule has 1 aliphatic heterocycles. The number of rotatable bonds is 2. The predicted octanol–water partition coefficient (Wildman–Crippen LogP) is 1.37. The highest BCUT2D eigenvalue weighted by molar-refractivity contribution is 14.1. The lowest BCUT2D eigenvalue weighted by molar-refractivity contribution is -0.143. The Morgan fingerprint density at radius 1 is 1.00 bits per heavy atom. The first-order valence-corrected chi connectivity index (χ1v) is 8.59. The summed E-state index contributed by atoms with van der Waals surface area (Å²) in [7, 11) is 0. The molecular formula is C16H16IN5O2. The average molecular weight is 437 g/mol. The third-order valence-electron chi connectivity index (χ3n) is 3.70. The molecule has 0 radical (unpaired) electrons. The molecule has 24 heavy (non-hydrogen) atoms. The van der Waals surface area contributed by atoms with Gasteiger partial charge in [-0.2, -0.15) is 0 Å². The van der Waals surface area contributed by atoms with Crippen LogP contribution in [0.25, 0.3) is 0 Å². The van der Waals surface area contributed by atoms with Gasteiger partial charge in [0.25, 0.3) is 0 Å². The average Bonchev–Trinajstić information content (AvgIpc) is 2.64. The van der Waals surface area contributed by atoms with Crippen molar-refractivity contribution in [1.29, 1.82) is 0 Å². The van der Waals surface area contributed by atoms with E-state index in [-0.39, 0.29) is 0 Å². The zero-order chi connectivity index (χ0) is 16.9. The van der Waals surface area contributed by atoms with E-state index in [9.17, 15) is 9.59 Å². The number of nitrogens with one attached hydrogen (secondary N) is 1. The van der Waals surface area contributed by atoms with Gasteiger partial charge in [-0.1, -0.05) is 0 Å². The Hall–Kier alpha value is -2.23. The minimum absolute atomic E-state index is 0.469. The van der Waals surface area contributed by atoms with Gasteiger partial charge in [-0.3, -0.25) is 9.59 Å². The number of anilines is 2. The summed E-state index contributed by atoms with van der Waals surface area (Å²) in [6, 6.07) is 9.06. The highest BCUT2D eigenvalue weighted by Gasteiger charge is 2.26. The van der Waals surface area contributed by atoms with E-state index >= 15 is 0 Å². The molecule has 2 aromatic rings. The molecule has 1 fully saturated rings. The summed E-state index contributed by atoms with van der Waals surface area (Å²) in [4.78, 5) is 36.3. The van der Waals surface area contributed by atoms with Crippen molar-refractivity contribution in [3.8, 4) is 0 Å². The first-order chi connectivity index (χ1) is 11.6. The van der Waals surface area contributed by atoms with Crippen molar-refractivity contribution in [1.82, 2.24) is 14.9 Å². The number of benzene rings is 1. The fraction of sp³-hybridized carbons (Fsp3) is 0.250. The van der Waals surface area contributed by atoms with Crippen LogP contribution >= 0.6 is 22.6 Å². The van der Waals surface area contributed by atoms with E-state index in [2.05, 4.69) is 37.9 Å². The molecule has 8 heteroatoms. The van der Waals surface area contributed by atoms with E-state index < -0.39 is 11.8 Å². The number of amides is 2. The lowest BCUT2D eigenvalue weighted by Crippen LogP contribution is -2.52. The Morgan fingerprint density at radius 3 is 2.25 bits per heavy atom. The third kappa shape index (κ3) is 3.99. The molecule has 2 heterocycles. The van der Waals surface area contributed by atoms with Crippen molar-refractivity contribution >= 4 is 46.0 Å². The molecule has 0 unspecified atom stereocenters. The SMILES string of the molecule is O=C(Nc1ccc(I)cc1)C(=O)N1CCN(c2ncccn2)CC1. The van der Waals surface area contributed by atoms with Crippen LogP contribution in [0.1, 0.15) is 0 Å². The standard InChI is InChI=1S/C16H16IN5O2/c17-12-2-4-13(5-3-12)20-14(23)15(24)21-8-10-22(11-9-21)16-18-6-1-7-19-16/h1-7H,8-11H2,(H,20,23). The first kappa shape index (κ1) is 16.6. The molecule has 7 nitrogen and oxygen atoms in total. The van der Waals surface area contributed by atoms with Gasteiger partial charge >= 0.3 is 11.8 Å². The van der Waals surface area contributed by atoms with E-state index in [4.69, 9.17) is 0 Å². The quantitative estimate of drug-likeness (QED) is 0.568. The van der Waals surface area contributed by atoms with Crippen LogP contribution in [0, 0.1) is 3.57 Å². The zero-order valence-corrected chi connectivity index (χ0v) is 15.0. The van der Waals surface area contributed by atoms with Gasteiger partial charge in [-0.25, -0.2) is 9.97 Å². The lowest BCUT2D eigenvalue weighted by Gasteiger charge is -2.34. The highest BCUT2D eigenvalue weighted by atomic mass is 127. The summed E-state index contributed by atoms with van der Waals surface area (Å²) < 4.78 is 1.07. The number of hydrogen-bond acceptors (Lipinski definition) is 5. The molecular weight excluding hydrogens is 421 g/mol. The summed E-state index contributed by atoms with van der Waals surface area (Å²) in [5.41, 5.74) is 0.616. The minimum Gasteiger partial charge on any atom is -0.337 e. The van der Waals surface area contributed by atoms with Gasteiger partial charge in [0.15, 0.2) is 0 Å². The molecule has 2 amide bonds. The lowest BCUT2D eigenvalue weighted by atomic mass is 10.3. The van der Waals surface area contributed by atoms with Crippen molar-refractivity contribution in [2.45, 2.75) is 0 Å². The van der Waals surface area contributed by atoms with Gasteiger partial charge in [0.1, 0.15) is 0 Å². The van der Waals surface area contributed by atoms with E-state index in [1.807, 2.05) is 17.0 Å². The molecule has 1 N–H and O–H groups in total. The Bertz CT molecular complexity index is 715. The number of aromatic nitrogens is 2. The van der Waals surface area contributed by atoms with Crippen LogP contribution in [0.15, 0.2) is 42.7 Å². The molecule has 0 atom stereocenters. The molecule has 1 aliphatic rings. The van der Waals surface area contributed by atoms with E-state index in [0.717, 1.165) is 3.57 Å². The van der Waals surface area contributed by atoms with Crippen molar-refractivity contribution in [3.63, 3.8) is 0 Å². The normalized spacial score (nSPS) is 14.4. The number of hydrogen-bond donors (Lipinski definition) is 1. The smallest absolute Gasteiger partial charge is 0.313 e. The summed E-state index contributed by atoms with van der Waals surface area (Å²) in [5, 5.41) is 2.64. The second kappa shape index (κ2) is 7.56. The highest BCUT2D eigenvalue weighted by Crippen LogP contribution is 2.13. The number of halogens is 1. The van der Waals surface area contributed by atoms with Crippen molar-refractivity contribution in [2.75, 3.05) is 36.4 Å². The predicted molar refractivity (Wildman–Crippen MR) is 98.6 cm³/mol. The monoisotopic (exact) mass is 437 g/mol. The summed E-state index contributed by atoms with van der Waals surface area (Å²) in [6.45, 7) is 2.15. The maximum absolute atomic E-state index is 12.3. The van der Waals surface area contributed by atoms with Crippen LogP contribution in [-0.2, 0) is 9.59 Å². The summed E-state index contributed by atoms with van der Waals surface area (Å²) >= 11 is 2.18. The van der Waals surface area contributed by atoms with Gasteiger partial charge in [0.2, 0.25) is 5.95 Å². The maximum Gasteiger partial charge on any atom is 0.313 e. The summed E-state index contributed by atoms with van der Waals surface area (Å²) in [6.07, 6.45) is 3.38. The largest absolute Gasteiger partial charge is 0.337 e. The van der Waals surface area contributed by atoms with Crippen LogP contribution < -0.4 is 10.2 Å². The Kier molecular flexibility index (Phi) is 5.24. The van der Waals surface area contributed by atoms with Crippen molar-refractivity contribution in [3.05, 3.63) is 46.3 Å². The third-order valence-corrected chi connectivity index (χ3v) is 4.42. The molecule has 124 valence electrons. The zero-order valence-electron chi connectivity index (χ0n) is 12.9. The van der Waals surface area contributed by atoms with Gasteiger partial charge in [-0.15, -0.1) is 0 Å². The molecule has 1 aromatic carbocycles. The van der Waals surface area contributed by atoms with Crippen LogP contribution in [0.2, 0.25) is 0 Å². The van der Waals surface area contributed by atoms with Gasteiger partial charge < -0.3 is 15.1 Å². The van der Waals surface area contributed by atoms with Crippen LogP contribution in [-0.4, -0.2) is 52.9 Å². The molecule has 0 spiro atoms. The van der Waals surface area contributed by atoms with Gasteiger partial charge in [0, 0.05) is 47.8 Å². The molecule has 0 aliphatic carbocycles. The molecule has 3 rings (SSSR count). The summed E-state index contributed by atoms with van der Waals surface area (Å²) in [5.74, 6) is -0.476. The van der Waals surface area contributed by atoms with E-state index in [0.29, 0.717) is 37.8 Å². The second-order valence-electron chi connectivity index (χ2n) is 5.29. The minimum atomic E-state index is -0.611. The topological polar surface area (TPSA) is 78.4 Å². The number of piperazine rings is 1. The Labute approximate surface area is 153 Å². The van der Waals surface area contributed by atoms with Gasteiger partial charge in [0.05, 0.1) is 0 Å². The number of nitrogens with zero attached hydrogens (tertiary/aromatic N) is 4. The van der Waals surface area contributed by atoms with Crippen LogP contribution in [0.3, 0.4) is 0 Å². The van der Waals surface area contributed by atoms with Crippen molar-refractivity contribution < 1.29 is 9.59 Å². The van der Waals surface area contributed by atoms with E-state index in [1.54, 1.807) is 35.5 Å². The Morgan fingerprint density at radius 2 is 1.62 bits per heavy atom. The number of carbonyl (C=O) groups is 2. The second-order valence-corrected chi connectivity index (χ2v) is 6.53. The number of carbonyl (C=O) groups excluding carboxylic acids is 2. The molecule has 0 saturated carbocycles. The van der Waals surface area contributed by atoms with E-state index in [1.165, 1.54) is 0 Å². The van der Waals surface area contributed by atoms with Crippen LogP contribution in [0.5, 0.6) is 0 Å². The molecule has 1 saturated heterocycles. The fourth-order valence-corrected chi connectivity index (χ4v) is 2.79. The van der Waals surface area contributed by atoms with Crippen LogP contribution in [0.4, 0.5) is 11.6 Å². The molecule has 1 aromatic heterocycles. The van der Waals surface area contributed by atoms with Crippen molar-refractivity contribution in [2.24, 2.45) is 0 Å². The fourth-order valence-electron chi connectivity index (χ4n) is 2.43. The van der Waals surface area contributed by atoms with Gasteiger partial charge in [-0.05, 0) is 52.9 Å².